The van der Waals surface area contributed by atoms with Crippen LogP contribution in [0.3, 0.4) is 0 Å². The molecule has 0 heterocycles. The average Bonchev–Trinajstić information content (AvgIpc) is 2.93. The van der Waals surface area contributed by atoms with Crippen LogP contribution in [0, 0.1) is 13.8 Å². The van der Waals surface area contributed by atoms with Crippen LogP contribution < -0.4 is 0 Å². The molecule has 0 spiro atoms. The maximum Gasteiger partial charge on any atom is 0.293 e. The summed E-state index contributed by atoms with van der Waals surface area (Å²) in [6.45, 7) is 9.82. The fourth-order valence-electron chi connectivity index (χ4n) is 6.53. The predicted molar refractivity (Wildman–Crippen MR) is 156 cm³/mol. The minimum absolute atomic E-state index is 0.0375. The number of hydrogen-bond acceptors (Lipinski definition) is 3. The number of rotatable bonds is 11. The second-order valence-electron chi connectivity index (χ2n) is 11.3. The molecule has 1 aliphatic carbocycles. The molecular weight excluding hydrogens is 468 g/mol. The summed E-state index contributed by atoms with van der Waals surface area (Å²) < 4.78 is 4.88. The number of ether oxygens (including phenoxy) is 1. The van der Waals surface area contributed by atoms with Crippen LogP contribution in [-0.2, 0) is 28.0 Å². The fraction of sp³-hybridized carbons (Fsp3) is 0.457. The zero-order valence-electron chi connectivity index (χ0n) is 23.7. The summed E-state index contributed by atoms with van der Waals surface area (Å²) >= 11 is 0. The molecule has 0 unspecified atom stereocenters. The summed E-state index contributed by atoms with van der Waals surface area (Å²) in [6.07, 6.45) is 9.36. The van der Waals surface area contributed by atoms with Crippen molar-refractivity contribution in [1.82, 2.24) is 0 Å². The summed E-state index contributed by atoms with van der Waals surface area (Å²) in [5.41, 5.74) is 9.58. The molecular formula is C35H44O3. The van der Waals surface area contributed by atoms with Gasteiger partial charge in [-0.3, -0.25) is 4.79 Å². The van der Waals surface area contributed by atoms with Gasteiger partial charge in [0.25, 0.3) is 6.47 Å². The number of aryl methyl sites for hydroxylation is 3. The molecule has 0 radical (unpaired) electrons. The molecule has 0 atom stereocenters. The van der Waals surface area contributed by atoms with E-state index >= 15 is 0 Å². The predicted octanol–water partition coefficient (Wildman–Crippen LogP) is 8.38. The summed E-state index contributed by atoms with van der Waals surface area (Å²) in [7, 11) is 0. The van der Waals surface area contributed by atoms with Crippen molar-refractivity contribution in [3.05, 3.63) is 94.0 Å². The summed E-state index contributed by atoms with van der Waals surface area (Å²) in [5.74, 6) is 0. The van der Waals surface area contributed by atoms with Gasteiger partial charge in [-0.2, -0.15) is 0 Å². The Bertz CT molecular complexity index is 1210. The van der Waals surface area contributed by atoms with Gasteiger partial charge in [0.2, 0.25) is 0 Å². The quantitative estimate of drug-likeness (QED) is 0.262. The SMILES string of the molecule is CCC(CC)(c1ccc(CCC2(O)CCCCC2)c(C)c1)c1ccc(-c2ccc(COC=O)cc2)c(C)c1. The lowest BCUT2D eigenvalue weighted by molar-refractivity contribution is -0.129. The maximum atomic E-state index is 11.0. The second-order valence-corrected chi connectivity index (χ2v) is 11.3. The van der Waals surface area contributed by atoms with E-state index < -0.39 is 5.60 Å². The van der Waals surface area contributed by atoms with Crippen molar-refractivity contribution in [3.8, 4) is 11.1 Å². The molecule has 3 heteroatoms. The third-order valence-electron chi connectivity index (χ3n) is 9.11. The Morgan fingerprint density at radius 2 is 1.50 bits per heavy atom. The van der Waals surface area contributed by atoms with Crippen LogP contribution in [0.1, 0.15) is 98.6 Å². The monoisotopic (exact) mass is 512 g/mol. The highest BCUT2D eigenvalue weighted by Crippen LogP contribution is 2.41. The van der Waals surface area contributed by atoms with Gasteiger partial charge in [-0.05, 0) is 96.9 Å². The number of carbonyl (C=O) groups is 1. The van der Waals surface area contributed by atoms with Crippen LogP contribution in [0.15, 0.2) is 60.7 Å². The highest BCUT2D eigenvalue weighted by molar-refractivity contribution is 5.68. The van der Waals surface area contributed by atoms with Crippen molar-refractivity contribution in [2.45, 2.75) is 103 Å². The van der Waals surface area contributed by atoms with Crippen LogP contribution >= 0.6 is 0 Å². The fourth-order valence-corrected chi connectivity index (χ4v) is 6.53. The van der Waals surface area contributed by atoms with E-state index in [1.165, 1.54) is 45.4 Å². The average molecular weight is 513 g/mol. The summed E-state index contributed by atoms with van der Waals surface area (Å²) in [4.78, 5) is 10.5. The Morgan fingerprint density at radius 3 is 2.08 bits per heavy atom. The van der Waals surface area contributed by atoms with Gasteiger partial charge in [0.15, 0.2) is 0 Å². The lowest BCUT2D eigenvalue weighted by Crippen LogP contribution is -2.31. The van der Waals surface area contributed by atoms with E-state index in [1.807, 2.05) is 12.1 Å². The smallest absolute Gasteiger partial charge is 0.293 e. The molecule has 0 saturated heterocycles. The Balaban J connectivity index is 1.57. The summed E-state index contributed by atoms with van der Waals surface area (Å²) in [6, 6.07) is 22.2. The number of benzene rings is 3. The molecule has 1 aliphatic rings. The molecule has 0 amide bonds. The van der Waals surface area contributed by atoms with E-state index in [4.69, 9.17) is 4.74 Å². The normalized spacial score (nSPS) is 15.3. The van der Waals surface area contributed by atoms with Crippen LogP contribution in [0.2, 0.25) is 0 Å². The lowest BCUT2D eigenvalue weighted by Gasteiger charge is -2.35. The highest BCUT2D eigenvalue weighted by Gasteiger charge is 2.32. The Morgan fingerprint density at radius 1 is 0.868 bits per heavy atom. The molecule has 202 valence electrons. The van der Waals surface area contributed by atoms with Crippen LogP contribution in [-0.4, -0.2) is 17.2 Å². The molecule has 0 aromatic heterocycles. The van der Waals surface area contributed by atoms with E-state index in [-0.39, 0.29) is 5.41 Å². The van der Waals surface area contributed by atoms with Gasteiger partial charge in [-0.15, -0.1) is 0 Å². The van der Waals surface area contributed by atoms with Crippen molar-refractivity contribution in [1.29, 1.82) is 0 Å². The standard InChI is InChI=1S/C35H44O3/c1-5-35(6-2,31-15-14-29(26(3)22-31)18-21-34(37)19-8-7-9-20-34)32-16-17-33(27(4)23-32)30-12-10-28(11-13-30)24-38-25-36/h10-17,22-23,25,37H,5-9,18-21,24H2,1-4H3. The zero-order valence-corrected chi connectivity index (χ0v) is 23.7. The van der Waals surface area contributed by atoms with E-state index in [0.29, 0.717) is 13.1 Å². The van der Waals surface area contributed by atoms with Gasteiger partial charge in [-0.25, -0.2) is 0 Å². The van der Waals surface area contributed by atoms with Crippen LogP contribution in [0.4, 0.5) is 0 Å². The number of hydrogen-bond donors (Lipinski definition) is 1. The van der Waals surface area contributed by atoms with Crippen molar-refractivity contribution >= 4 is 6.47 Å². The van der Waals surface area contributed by atoms with Gasteiger partial charge < -0.3 is 9.84 Å². The molecule has 3 nitrogen and oxygen atoms in total. The molecule has 3 aromatic rings. The Hall–Kier alpha value is -2.91. The maximum absolute atomic E-state index is 11.0. The molecule has 3 aromatic carbocycles. The van der Waals surface area contributed by atoms with Gasteiger partial charge in [0.1, 0.15) is 6.61 Å². The lowest BCUT2D eigenvalue weighted by atomic mass is 9.69. The van der Waals surface area contributed by atoms with Gasteiger partial charge in [0.05, 0.1) is 5.60 Å². The molecule has 1 saturated carbocycles. The van der Waals surface area contributed by atoms with Crippen LogP contribution in [0.5, 0.6) is 0 Å². The first-order chi connectivity index (χ1) is 18.3. The van der Waals surface area contributed by atoms with Gasteiger partial charge >= 0.3 is 0 Å². The second kappa shape index (κ2) is 12.3. The van der Waals surface area contributed by atoms with Crippen molar-refractivity contribution in [2.24, 2.45) is 0 Å². The van der Waals surface area contributed by atoms with E-state index in [2.05, 4.69) is 76.2 Å². The topological polar surface area (TPSA) is 46.5 Å². The third-order valence-corrected chi connectivity index (χ3v) is 9.11. The van der Waals surface area contributed by atoms with E-state index in [1.54, 1.807) is 0 Å². The van der Waals surface area contributed by atoms with Crippen LogP contribution in [0.25, 0.3) is 11.1 Å². The zero-order chi connectivity index (χ0) is 27.2. The van der Waals surface area contributed by atoms with Crippen molar-refractivity contribution in [2.75, 3.05) is 0 Å². The minimum Gasteiger partial charge on any atom is -0.463 e. The number of aliphatic hydroxyl groups is 1. The van der Waals surface area contributed by atoms with Gasteiger partial charge in [0, 0.05) is 5.41 Å². The molecule has 0 bridgehead atoms. The third kappa shape index (κ3) is 6.04. The van der Waals surface area contributed by atoms with Gasteiger partial charge in [-0.1, -0.05) is 93.8 Å². The Kier molecular flexibility index (Phi) is 9.10. The molecule has 4 rings (SSSR count). The first-order valence-corrected chi connectivity index (χ1v) is 14.4. The molecule has 1 N–H and O–H groups in total. The van der Waals surface area contributed by atoms with Crippen molar-refractivity contribution in [3.63, 3.8) is 0 Å². The number of carbonyl (C=O) groups excluding carboxylic acids is 1. The molecule has 38 heavy (non-hydrogen) atoms. The highest BCUT2D eigenvalue weighted by atomic mass is 16.5. The first-order valence-electron chi connectivity index (χ1n) is 14.4. The molecule has 1 fully saturated rings. The molecule has 0 aliphatic heterocycles. The largest absolute Gasteiger partial charge is 0.463 e. The van der Waals surface area contributed by atoms with E-state index in [0.717, 1.165) is 56.9 Å². The van der Waals surface area contributed by atoms with E-state index in [9.17, 15) is 9.90 Å². The minimum atomic E-state index is -0.469. The Labute approximate surface area is 229 Å². The summed E-state index contributed by atoms with van der Waals surface area (Å²) in [5, 5.41) is 11.0. The first kappa shape index (κ1) is 28.1. The van der Waals surface area contributed by atoms with Crippen molar-refractivity contribution < 1.29 is 14.6 Å².